The first kappa shape index (κ1) is 17.8. The van der Waals surface area contributed by atoms with E-state index in [1.807, 2.05) is 43.1 Å². The minimum Gasteiger partial charge on any atom is -0.496 e. The van der Waals surface area contributed by atoms with Crippen molar-refractivity contribution in [2.24, 2.45) is 0 Å². The van der Waals surface area contributed by atoms with Gasteiger partial charge in [-0.25, -0.2) is 4.79 Å². The molecule has 2 aromatic carbocycles. The predicted molar refractivity (Wildman–Crippen MR) is 101 cm³/mol. The lowest BCUT2D eigenvalue weighted by Gasteiger charge is -2.24. The van der Waals surface area contributed by atoms with Gasteiger partial charge >= 0.3 is 5.69 Å². The Balaban J connectivity index is 1.68. The lowest BCUT2D eigenvalue weighted by Crippen LogP contribution is -2.39. The van der Waals surface area contributed by atoms with Crippen LogP contribution in [0.25, 0.3) is 11.0 Å². The SMILES string of the molecule is COc1ccccc1CN(C)[C@@H](C)C(=O)Nc1ccc2[nH]c(=O)[nH]c2c1. The van der Waals surface area contributed by atoms with E-state index in [0.717, 1.165) is 11.3 Å². The van der Waals surface area contributed by atoms with Crippen LogP contribution in [0.4, 0.5) is 5.69 Å². The third-order valence-electron chi connectivity index (χ3n) is 4.44. The first-order valence-electron chi connectivity index (χ1n) is 8.33. The van der Waals surface area contributed by atoms with E-state index in [4.69, 9.17) is 4.74 Å². The number of nitrogens with zero attached hydrogens (tertiary/aromatic N) is 1. The zero-order chi connectivity index (χ0) is 18.7. The van der Waals surface area contributed by atoms with Crippen LogP contribution in [0.15, 0.2) is 47.3 Å². The number of hydrogen-bond acceptors (Lipinski definition) is 4. The van der Waals surface area contributed by atoms with Crippen molar-refractivity contribution in [2.75, 3.05) is 19.5 Å². The molecule has 0 aliphatic carbocycles. The Kier molecular flexibility index (Phi) is 5.09. The molecule has 26 heavy (non-hydrogen) atoms. The van der Waals surface area contributed by atoms with Gasteiger partial charge in [-0.3, -0.25) is 9.69 Å². The second kappa shape index (κ2) is 7.45. The van der Waals surface area contributed by atoms with E-state index in [0.29, 0.717) is 23.3 Å². The largest absolute Gasteiger partial charge is 0.496 e. The van der Waals surface area contributed by atoms with E-state index in [1.54, 1.807) is 25.3 Å². The van der Waals surface area contributed by atoms with E-state index in [1.165, 1.54) is 0 Å². The quantitative estimate of drug-likeness (QED) is 0.634. The summed E-state index contributed by atoms with van der Waals surface area (Å²) in [4.78, 5) is 31.2. The van der Waals surface area contributed by atoms with Crippen molar-refractivity contribution in [2.45, 2.75) is 19.5 Å². The molecule has 0 saturated carbocycles. The second-order valence-corrected chi connectivity index (χ2v) is 6.23. The number of carbonyl (C=O) groups is 1. The number of methoxy groups -OCH3 is 1. The van der Waals surface area contributed by atoms with Gasteiger partial charge in [0.05, 0.1) is 24.2 Å². The van der Waals surface area contributed by atoms with Gasteiger partial charge in [-0.05, 0) is 38.2 Å². The highest BCUT2D eigenvalue weighted by atomic mass is 16.5. The predicted octanol–water partition coefficient (Wildman–Crippen LogP) is 2.32. The fraction of sp³-hybridized carbons (Fsp3) is 0.263. The summed E-state index contributed by atoms with van der Waals surface area (Å²) in [6.45, 7) is 2.43. The molecule has 0 aliphatic rings. The fourth-order valence-electron chi connectivity index (χ4n) is 2.80. The molecule has 3 rings (SSSR count). The Hall–Kier alpha value is -3.06. The van der Waals surface area contributed by atoms with Crippen LogP contribution < -0.4 is 15.7 Å². The van der Waals surface area contributed by atoms with Crippen LogP contribution in [-0.2, 0) is 11.3 Å². The molecular weight excluding hydrogens is 332 g/mol. The number of para-hydroxylation sites is 1. The molecule has 3 aromatic rings. The van der Waals surface area contributed by atoms with Gasteiger partial charge in [-0.1, -0.05) is 18.2 Å². The van der Waals surface area contributed by atoms with E-state index >= 15 is 0 Å². The Labute approximate surface area is 151 Å². The number of likely N-dealkylation sites (N-methyl/N-ethyl adjacent to an activating group) is 1. The summed E-state index contributed by atoms with van der Waals surface area (Å²) in [6, 6.07) is 12.7. The summed E-state index contributed by atoms with van der Waals surface area (Å²) in [5, 5.41) is 2.89. The standard InChI is InChI=1S/C19H22N4O3/c1-12(23(2)11-13-6-4-5-7-17(13)26-3)18(24)20-14-8-9-15-16(10-14)22-19(25)21-15/h4-10,12H,11H2,1-3H3,(H,20,24)(H2,21,22,25)/t12-/m0/s1. The molecule has 0 bridgehead atoms. The number of fused-ring (bicyclic) bond motifs is 1. The molecule has 0 aliphatic heterocycles. The molecule has 0 saturated heterocycles. The molecule has 0 spiro atoms. The first-order chi connectivity index (χ1) is 12.5. The minimum atomic E-state index is -0.346. The minimum absolute atomic E-state index is 0.125. The van der Waals surface area contributed by atoms with Crippen LogP contribution in [-0.4, -0.2) is 41.0 Å². The first-order valence-corrected chi connectivity index (χ1v) is 8.33. The molecule has 0 fully saturated rings. The topological polar surface area (TPSA) is 90.2 Å². The number of ether oxygens (including phenoxy) is 1. The summed E-state index contributed by atoms with van der Waals surface area (Å²) >= 11 is 0. The van der Waals surface area contributed by atoms with Crippen molar-refractivity contribution < 1.29 is 9.53 Å². The van der Waals surface area contributed by atoms with Crippen LogP contribution in [0.3, 0.4) is 0 Å². The molecule has 0 unspecified atom stereocenters. The Bertz CT molecular complexity index is 976. The molecule has 1 amide bonds. The van der Waals surface area contributed by atoms with Crippen molar-refractivity contribution in [3.63, 3.8) is 0 Å². The highest BCUT2D eigenvalue weighted by Crippen LogP contribution is 2.20. The summed E-state index contributed by atoms with van der Waals surface area (Å²) in [5.74, 6) is 0.674. The number of imidazole rings is 1. The average Bonchev–Trinajstić information content (AvgIpc) is 3.00. The van der Waals surface area contributed by atoms with Gasteiger partial charge in [-0.15, -0.1) is 0 Å². The van der Waals surface area contributed by atoms with Crippen molar-refractivity contribution in [1.29, 1.82) is 0 Å². The van der Waals surface area contributed by atoms with Gasteiger partial charge in [0.15, 0.2) is 0 Å². The van der Waals surface area contributed by atoms with E-state index < -0.39 is 0 Å². The molecule has 1 atom stereocenters. The molecule has 7 nitrogen and oxygen atoms in total. The molecule has 1 heterocycles. The number of aromatic nitrogens is 2. The number of nitrogens with one attached hydrogen (secondary N) is 3. The number of H-pyrrole nitrogens is 2. The maximum atomic E-state index is 12.6. The monoisotopic (exact) mass is 354 g/mol. The second-order valence-electron chi connectivity index (χ2n) is 6.23. The van der Waals surface area contributed by atoms with Gasteiger partial charge in [0.25, 0.3) is 0 Å². The third kappa shape index (κ3) is 3.78. The van der Waals surface area contributed by atoms with Crippen LogP contribution in [0.1, 0.15) is 12.5 Å². The number of benzene rings is 2. The number of rotatable bonds is 6. The lowest BCUT2D eigenvalue weighted by atomic mass is 10.1. The molecule has 0 radical (unpaired) electrons. The zero-order valence-corrected chi connectivity index (χ0v) is 15.0. The summed E-state index contributed by atoms with van der Waals surface area (Å²) in [5.41, 5.74) is 2.74. The van der Waals surface area contributed by atoms with Crippen molar-refractivity contribution in [3.05, 3.63) is 58.5 Å². The maximum Gasteiger partial charge on any atom is 0.323 e. The van der Waals surface area contributed by atoms with Crippen molar-refractivity contribution >= 4 is 22.6 Å². The van der Waals surface area contributed by atoms with Gasteiger partial charge < -0.3 is 20.0 Å². The molecule has 3 N–H and O–H groups in total. The number of carbonyl (C=O) groups excluding carboxylic acids is 1. The van der Waals surface area contributed by atoms with Crippen molar-refractivity contribution in [1.82, 2.24) is 14.9 Å². The molecular formula is C19H22N4O3. The summed E-state index contributed by atoms with van der Waals surface area (Å²) in [7, 11) is 3.53. The zero-order valence-electron chi connectivity index (χ0n) is 15.0. The highest BCUT2D eigenvalue weighted by molar-refractivity contribution is 5.96. The third-order valence-corrected chi connectivity index (χ3v) is 4.44. The van der Waals surface area contributed by atoms with Gasteiger partial charge in [0.1, 0.15) is 5.75 Å². The fourth-order valence-corrected chi connectivity index (χ4v) is 2.80. The average molecular weight is 354 g/mol. The van der Waals surface area contributed by atoms with E-state index in [2.05, 4.69) is 15.3 Å². The Morgan fingerprint density at radius 2 is 1.92 bits per heavy atom. The van der Waals surface area contributed by atoms with Gasteiger partial charge in [0.2, 0.25) is 5.91 Å². The molecule has 1 aromatic heterocycles. The van der Waals surface area contributed by atoms with E-state index in [9.17, 15) is 9.59 Å². The number of amides is 1. The normalized spacial score (nSPS) is 12.3. The maximum absolute atomic E-state index is 12.6. The van der Waals surface area contributed by atoms with Crippen LogP contribution >= 0.6 is 0 Å². The Morgan fingerprint density at radius 3 is 2.69 bits per heavy atom. The van der Waals surface area contributed by atoms with Gasteiger partial charge in [-0.2, -0.15) is 0 Å². The van der Waals surface area contributed by atoms with Crippen LogP contribution in [0.5, 0.6) is 5.75 Å². The van der Waals surface area contributed by atoms with Crippen molar-refractivity contribution in [3.8, 4) is 5.75 Å². The number of anilines is 1. The summed E-state index contributed by atoms with van der Waals surface area (Å²) < 4.78 is 5.37. The molecule has 7 heteroatoms. The lowest BCUT2D eigenvalue weighted by molar-refractivity contribution is -0.120. The highest BCUT2D eigenvalue weighted by Gasteiger charge is 2.19. The number of hydrogen-bond donors (Lipinski definition) is 3. The summed E-state index contributed by atoms with van der Waals surface area (Å²) in [6.07, 6.45) is 0. The smallest absolute Gasteiger partial charge is 0.323 e. The van der Waals surface area contributed by atoms with Crippen LogP contribution in [0.2, 0.25) is 0 Å². The van der Waals surface area contributed by atoms with Gasteiger partial charge in [0, 0.05) is 17.8 Å². The number of aromatic amines is 2. The van der Waals surface area contributed by atoms with E-state index in [-0.39, 0.29) is 17.6 Å². The Morgan fingerprint density at radius 1 is 1.19 bits per heavy atom. The van der Waals surface area contributed by atoms with Crippen LogP contribution in [0, 0.1) is 0 Å². The molecule has 136 valence electrons.